The molecular formula is C15H15F3N4O2. The number of aromatic nitrogens is 2. The summed E-state index contributed by atoms with van der Waals surface area (Å²) in [4.78, 5) is 18.3. The van der Waals surface area contributed by atoms with Crippen LogP contribution >= 0.6 is 0 Å². The molecule has 0 radical (unpaired) electrons. The number of aliphatic hydroxyl groups is 1. The van der Waals surface area contributed by atoms with E-state index in [0.717, 1.165) is 12.3 Å². The molecule has 0 fully saturated rings. The maximum absolute atomic E-state index is 12.9. The highest BCUT2D eigenvalue weighted by Crippen LogP contribution is 2.31. The molecule has 0 aliphatic heterocycles. The van der Waals surface area contributed by atoms with Crippen molar-refractivity contribution >= 4 is 12.2 Å². The number of hydrogen-bond donors (Lipinski definition) is 3. The van der Waals surface area contributed by atoms with Gasteiger partial charge in [-0.05, 0) is 13.0 Å². The summed E-state index contributed by atoms with van der Waals surface area (Å²) < 4.78 is 38.6. The highest BCUT2D eigenvalue weighted by molar-refractivity contribution is 5.82. The number of rotatable bonds is 5. The van der Waals surface area contributed by atoms with Crippen molar-refractivity contribution in [2.24, 2.45) is 5.10 Å². The van der Waals surface area contributed by atoms with E-state index < -0.39 is 17.3 Å². The third-order valence-electron chi connectivity index (χ3n) is 3.22. The molecule has 0 saturated carbocycles. The highest BCUT2D eigenvalue weighted by Gasteiger charge is 2.32. The van der Waals surface area contributed by atoms with Crippen molar-refractivity contribution in [2.45, 2.75) is 19.5 Å². The van der Waals surface area contributed by atoms with E-state index in [-0.39, 0.29) is 24.5 Å². The van der Waals surface area contributed by atoms with Crippen molar-refractivity contribution in [2.75, 3.05) is 12.0 Å². The maximum Gasteiger partial charge on any atom is 0.417 e. The lowest BCUT2D eigenvalue weighted by atomic mass is 10.1. The quantitative estimate of drug-likeness (QED) is 0.574. The number of alkyl halides is 3. The van der Waals surface area contributed by atoms with Gasteiger partial charge >= 0.3 is 6.18 Å². The number of halogens is 3. The first kappa shape index (κ1) is 17.7. The SMILES string of the molecule is Cc1nc(N/N=C\c2ccccc2C(F)(F)F)[nH]c(=O)c1CCO. The molecule has 0 amide bonds. The molecule has 2 aromatic rings. The minimum absolute atomic E-state index is 0.0000652. The second-order valence-corrected chi connectivity index (χ2v) is 4.91. The second-order valence-electron chi connectivity index (χ2n) is 4.91. The highest BCUT2D eigenvalue weighted by atomic mass is 19.4. The number of aryl methyl sites for hydroxylation is 1. The standard InChI is InChI=1S/C15H15F3N4O2/c1-9-11(6-7-23)13(24)21-14(20-9)22-19-8-10-4-2-3-5-12(10)15(16,17)18/h2-5,8,23H,6-7H2,1H3,(H2,20,21,22,24)/b19-8-. The number of hydrazone groups is 1. The molecule has 0 atom stereocenters. The van der Waals surface area contributed by atoms with Gasteiger partial charge in [0.15, 0.2) is 0 Å². The smallest absolute Gasteiger partial charge is 0.396 e. The molecule has 0 unspecified atom stereocenters. The molecule has 9 heteroatoms. The van der Waals surface area contributed by atoms with Crippen LogP contribution in [0.3, 0.4) is 0 Å². The van der Waals surface area contributed by atoms with Gasteiger partial charge in [-0.3, -0.25) is 9.78 Å². The summed E-state index contributed by atoms with van der Waals surface area (Å²) in [6, 6.07) is 4.98. The van der Waals surface area contributed by atoms with Crippen molar-refractivity contribution in [1.82, 2.24) is 9.97 Å². The van der Waals surface area contributed by atoms with E-state index in [1.165, 1.54) is 18.2 Å². The van der Waals surface area contributed by atoms with Gasteiger partial charge in [0, 0.05) is 24.2 Å². The van der Waals surface area contributed by atoms with Crippen molar-refractivity contribution < 1.29 is 18.3 Å². The molecule has 0 saturated heterocycles. The molecule has 0 aliphatic rings. The number of nitrogens with one attached hydrogen (secondary N) is 2. The van der Waals surface area contributed by atoms with Crippen LogP contribution in [0.1, 0.15) is 22.4 Å². The Morgan fingerprint density at radius 3 is 2.71 bits per heavy atom. The van der Waals surface area contributed by atoms with Crippen LogP contribution in [-0.4, -0.2) is 27.9 Å². The fraction of sp³-hybridized carbons (Fsp3) is 0.267. The summed E-state index contributed by atoms with van der Waals surface area (Å²) in [5, 5.41) is 12.6. The Morgan fingerprint density at radius 1 is 1.38 bits per heavy atom. The molecule has 1 aromatic carbocycles. The van der Waals surface area contributed by atoms with E-state index in [0.29, 0.717) is 11.3 Å². The lowest BCUT2D eigenvalue weighted by molar-refractivity contribution is -0.137. The van der Waals surface area contributed by atoms with E-state index in [4.69, 9.17) is 5.11 Å². The van der Waals surface area contributed by atoms with Gasteiger partial charge in [-0.1, -0.05) is 18.2 Å². The zero-order valence-electron chi connectivity index (χ0n) is 12.7. The Labute approximate surface area is 135 Å². The van der Waals surface area contributed by atoms with Crippen LogP contribution in [0.15, 0.2) is 34.2 Å². The largest absolute Gasteiger partial charge is 0.417 e. The van der Waals surface area contributed by atoms with Crippen molar-refractivity contribution in [1.29, 1.82) is 0 Å². The van der Waals surface area contributed by atoms with Gasteiger partial charge in [0.1, 0.15) is 0 Å². The molecule has 6 nitrogen and oxygen atoms in total. The minimum atomic E-state index is -4.49. The third kappa shape index (κ3) is 4.19. The van der Waals surface area contributed by atoms with Gasteiger partial charge in [0.2, 0.25) is 5.95 Å². The summed E-state index contributed by atoms with van der Waals surface area (Å²) in [5.41, 5.74) is 1.77. The summed E-state index contributed by atoms with van der Waals surface area (Å²) >= 11 is 0. The summed E-state index contributed by atoms with van der Waals surface area (Å²) in [5.74, 6) is -0.0000652. The molecule has 0 spiro atoms. The number of nitrogens with zero attached hydrogens (tertiary/aromatic N) is 2. The van der Waals surface area contributed by atoms with Crippen LogP contribution in [0, 0.1) is 6.92 Å². The van der Waals surface area contributed by atoms with Crippen LogP contribution in [0.25, 0.3) is 0 Å². The van der Waals surface area contributed by atoms with Gasteiger partial charge in [-0.15, -0.1) is 0 Å². The molecule has 2 rings (SSSR count). The van der Waals surface area contributed by atoms with E-state index in [1.807, 2.05) is 0 Å². The lowest BCUT2D eigenvalue weighted by Crippen LogP contribution is -2.19. The van der Waals surface area contributed by atoms with Crippen LogP contribution in [0.2, 0.25) is 0 Å². The molecule has 0 aliphatic carbocycles. The zero-order chi connectivity index (χ0) is 17.7. The monoisotopic (exact) mass is 340 g/mol. The maximum atomic E-state index is 12.9. The van der Waals surface area contributed by atoms with Crippen LogP contribution in [0.4, 0.5) is 19.1 Å². The van der Waals surface area contributed by atoms with Crippen LogP contribution in [0.5, 0.6) is 0 Å². The molecule has 128 valence electrons. The first-order chi connectivity index (χ1) is 11.3. The Bertz CT molecular complexity index is 800. The number of aliphatic hydroxyl groups excluding tert-OH is 1. The summed E-state index contributed by atoms with van der Waals surface area (Å²) in [6.07, 6.45) is -3.33. The number of benzene rings is 1. The molecular weight excluding hydrogens is 325 g/mol. The van der Waals surface area contributed by atoms with Crippen LogP contribution < -0.4 is 11.0 Å². The Balaban J connectivity index is 2.20. The van der Waals surface area contributed by atoms with Crippen LogP contribution in [-0.2, 0) is 12.6 Å². The first-order valence-corrected chi connectivity index (χ1v) is 6.99. The van der Waals surface area contributed by atoms with E-state index >= 15 is 0 Å². The van der Waals surface area contributed by atoms with Gasteiger partial charge in [-0.2, -0.15) is 18.3 Å². The fourth-order valence-electron chi connectivity index (χ4n) is 2.10. The lowest BCUT2D eigenvalue weighted by Gasteiger charge is -2.09. The fourth-order valence-corrected chi connectivity index (χ4v) is 2.10. The average molecular weight is 340 g/mol. The predicted octanol–water partition coefficient (Wildman–Crippen LogP) is 2.08. The molecule has 24 heavy (non-hydrogen) atoms. The van der Waals surface area contributed by atoms with Gasteiger partial charge in [0.05, 0.1) is 17.5 Å². The van der Waals surface area contributed by atoms with Crippen molar-refractivity contribution in [3.63, 3.8) is 0 Å². The minimum Gasteiger partial charge on any atom is -0.396 e. The number of H-pyrrole nitrogens is 1. The molecule has 3 N–H and O–H groups in total. The van der Waals surface area contributed by atoms with Crippen molar-refractivity contribution in [3.05, 3.63) is 57.0 Å². The summed E-state index contributed by atoms with van der Waals surface area (Å²) in [6.45, 7) is 1.40. The molecule has 1 heterocycles. The third-order valence-corrected chi connectivity index (χ3v) is 3.22. The van der Waals surface area contributed by atoms with Gasteiger partial charge < -0.3 is 5.11 Å². The number of aromatic amines is 1. The first-order valence-electron chi connectivity index (χ1n) is 6.99. The van der Waals surface area contributed by atoms with Crippen molar-refractivity contribution in [3.8, 4) is 0 Å². The predicted molar refractivity (Wildman–Crippen MR) is 83.0 cm³/mol. The van der Waals surface area contributed by atoms with E-state index in [2.05, 4.69) is 20.5 Å². The van der Waals surface area contributed by atoms with Gasteiger partial charge in [0.25, 0.3) is 5.56 Å². The Hall–Kier alpha value is -2.68. The van der Waals surface area contributed by atoms with Gasteiger partial charge in [-0.25, -0.2) is 10.4 Å². The zero-order valence-corrected chi connectivity index (χ0v) is 12.7. The summed E-state index contributed by atoms with van der Waals surface area (Å²) in [7, 11) is 0. The number of hydrogen-bond acceptors (Lipinski definition) is 5. The molecule has 0 bridgehead atoms. The Morgan fingerprint density at radius 2 is 2.08 bits per heavy atom. The number of anilines is 1. The second kappa shape index (κ2) is 7.26. The topological polar surface area (TPSA) is 90.4 Å². The average Bonchev–Trinajstić information content (AvgIpc) is 2.50. The molecule has 1 aromatic heterocycles. The normalized spacial score (nSPS) is 11.9. The van der Waals surface area contributed by atoms with E-state index in [1.54, 1.807) is 6.92 Å². The Kier molecular flexibility index (Phi) is 5.35. The van der Waals surface area contributed by atoms with E-state index in [9.17, 15) is 18.0 Å².